The summed E-state index contributed by atoms with van der Waals surface area (Å²) in [5, 5.41) is 0.484. The highest BCUT2D eigenvalue weighted by molar-refractivity contribution is 6.35. The highest BCUT2D eigenvalue weighted by Crippen LogP contribution is 2.30. The van der Waals surface area contributed by atoms with Crippen LogP contribution in [0.1, 0.15) is 11.4 Å². The molecule has 3 rings (SSSR count). The van der Waals surface area contributed by atoms with Crippen molar-refractivity contribution in [1.82, 2.24) is 19.5 Å². The Morgan fingerprint density at radius 3 is 2.48 bits per heavy atom. The molecule has 4 nitrogen and oxygen atoms in total. The summed E-state index contributed by atoms with van der Waals surface area (Å²) in [7, 11) is 0. The third-order valence-electron chi connectivity index (χ3n) is 3.03. The van der Waals surface area contributed by atoms with E-state index in [9.17, 15) is 13.2 Å². The lowest BCUT2D eigenvalue weighted by Crippen LogP contribution is -2.12. The minimum Gasteiger partial charge on any atom is -0.311 e. The Labute approximate surface area is 142 Å². The Kier molecular flexibility index (Phi) is 4.12. The first-order valence-corrected chi connectivity index (χ1v) is 7.28. The van der Waals surface area contributed by atoms with Crippen LogP contribution in [0.5, 0.6) is 0 Å². The predicted octanol–water partition coefficient (Wildman–Crippen LogP) is 4.85. The van der Waals surface area contributed by atoms with Crippen LogP contribution >= 0.6 is 34.8 Å². The Morgan fingerprint density at radius 2 is 1.83 bits per heavy atom. The van der Waals surface area contributed by atoms with Gasteiger partial charge in [-0.25, -0.2) is 15.0 Å². The Balaban J connectivity index is 2.09. The largest absolute Gasteiger partial charge is 0.451 e. The molecule has 2 heterocycles. The standard InChI is InChI=1S/C13H6Cl3F3N4/c14-7-2-1-6(8(15)3-7)4-23-5-20-9-10(16)21-12(13(17,18)19)22-11(9)23/h1-3,5H,4H2. The molecule has 120 valence electrons. The van der Waals surface area contributed by atoms with Crippen LogP contribution in [0.3, 0.4) is 0 Å². The molecule has 0 amide bonds. The Bertz CT molecular complexity index is 892. The summed E-state index contributed by atoms with van der Waals surface area (Å²) in [5.41, 5.74) is 0.715. The Morgan fingerprint density at radius 1 is 1.09 bits per heavy atom. The minimum absolute atomic E-state index is 0.0247. The molecule has 0 spiro atoms. The zero-order valence-electron chi connectivity index (χ0n) is 11.1. The molecule has 23 heavy (non-hydrogen) atoms. The lowest BCUT2D eigenvalue weighted by molar-refractivity contribution is -0.144. The van der Waals surface area contributed by atoms with E-state index in [1.807, 2.05) is 0 Å². The molecule has 0 aliphatic rings. The number of imidazole rings is 1. The molecule has 0 bridgehead atoms. The van der Waals surface area contributed by atoms with E-state index in [2.05, 4.69) is 15.0 Å². The number of nitrogens with zero attached hydrogens (tertiary/aromatic N) is 4. The number of alkyl halides is 3. The number of fused-ring (bicyclic) bond motifs is 1. The van der Waals surface area contributed by atoms with Crippen LogP contribution in [0.2, 0.25) is 15.2 Å². The summed E-state index contributed by atoms with van der Waals surface area (Å²) in [4.78, 5) is 10.7. The highest BCUT2D eigenvalue weighted by Gasteiger charge is 2.36. The second kappa shape index (κ2) is 5.81. The molecular weight excluding hydrogens is 376 g/mol. The quantitative estimate of drug-likeness (QED) is 0.596. The van der Waals surface area contributed by atoms with E-state index in [4.69, 9.17) is 34.8 Å². The maximum absolute atomic E-state index is 12.8. The lowest BCUT2D eigenvalue weighted by atomic mass is 10.2. The normalized spacial score (nSPS) is 12.1. The van der Waals surface area contributed by atoms with Crippen molar-refractivity contribution in [3.8, 4) is 0 Å². The van der Waals surface area contributed by atoms with Gasteiger partial charge < -0.3 is 4.57 Å². The molecule has 0 atom stereocenters. The van der Waals surface area contributed by atoms with E-state index in [1.54, 1.807) is 18.2 Å². The fourth-order valence-electron chi connectivity index (χ4n) is 1.99. The van der Waals surface area contributed by atoms with Gasteiger partial charge in [-0.05, 0) is 17.7 Å². The maximum Gasteiger partial charge on any atom is 0.451 e. The average Bonchev–Trinajstić information content (AvgIpc) is 2.85. The van der Waals surface area contributed by atoms with Crippen LogP contribution in [-0.2, 0) is 12.7 Å². The first-order valence-electron chi connectivity index (χ1n) is 6.15. The van der Waals surface area contributed by atoms with Crippen LogP contribution in [0.15, 0.2) is 24.5 Å². The smallest absolute Gasteiger partial charge is 0.311 e. The van der Waals surface area contributed by atoms with Gasteiger partial charge in [0.05, 0.1) is 12.9 Å². The number of hydrogen-bond acceptors (Lipinski definition) is 3. The molecule has 0 aliphatic heterocycles. The van der Waals surface area contributed by atoms with Gasteiger partial charge in [-0.15, -0.1) is 0 Å². The molecular formula is C13H6Cl3F3N4. The van der Waals surface area contributed by atoms with E-state index in [0.29, 0.717) is 15.6 Å². The van der Waals surface area contributed by atoms with Crippen molar-refractivity contribution in [3.05, 3.63) is 51.1 Å². The van der Waals surface area contributed by atoms with Crippen LogP contribution in [0.25, 0.3) is 11.2 Å². The number of halogens is 6. The fourth-order valence-corrected chi connectivity index (χ4v) is 2.67. The van der Waals surface area contributed by atoms with Gasteiger partial charge in [0.15, 0.2) is 10.8 Å². The van der Waals surface area contributed by atoms with Crippen molar-refractivity contribution in [2.75, 3.05) is 0 Å². The van der Waals surface area contributed by atoms with Crippen LogP contribution in [0.4, 0.5) is 13.2 Å². The zero-order valence-corrected chi connectivity index (χ0v) is 13.3. The molecule has 1 aromatic carbocycles. The summed E-state index contributed by atoms with van der Waals surface area (Å²) >= 11 is 17.7. The van der Waals surface area contributed by atoms with Gasteiger partial charge in [0.2, 0.25) is 5.82 Å². The van der Waals surface area contributed by atoms with Gasteiger partial charge >= 0.3 is 6.18 Å². The van der Waals surface area contributed by atoms with E-state index in [-0.39, 0.29) is 22.9 Å². The van der Waals surface area contributed by atoms with Crippen LogP contribution in [-0.4, -0.2) is 19.5 Å². The van der Waals surface area contributed by atoms with Gasteiger partial charge in [0, 0.05) is 10.0 Å². The Hall–Kier alpha value is -1.57. The summed E-state index contributed by atoms with van der Waals surface area (Å²) in [6, 6.07) is 4.84. The SMILES string of the molecule is FC(F)(F)c1nc(Cl)c2ncn(Cc3ccc(Cl)cc3Cl)c2n1. The van der Waals surface area contributed by atoms with Gasteiger partial charge in [-0.2, -0.15) is 13.2 Å². The first-order chi connectivity index (χ1) is 10.8. The van der Waals surface area contributed by atoms with Crippen molar-refractivity contribution < 1.29 is 13.2 Å². The van der Waals surface area contributed by atoms with Crippen LogP contribution < -0.4 is 0 Å². The zero-order chi connectivity index (χ0) is 16.8. The van der Waals surface area contributed by atoms with Crippen molar-refractivity contribution >= 4 is 46.0 Å². The summed E-state index contributed by atoms with van der Waals surface area (Å²) in [5.74, 6) is -1.32. The number of rotatable bonds is 2. The summed E-state index contributed by atoms with van der Waals surface area (Å²) < 4.78 is 39.9. The van der Waals surface area contributed by atoms with Crippen molar-refractivity contribution in [1.29, 1.82) is 0 Å². The second-order valence-corrected chi connectivity index (χ2v) is 5.82. The molecule has 0 saturated heterocycles. The van der Waals surface area contributed by atoms with E-state index in [1.165, 1.54) is 10.9 Å². The van der Waals surface area contributed by atoms with E-state index >= 15 is 0 Å². The first kappa shape index (κ1) is 16.3. The van der Waals surface area contributed by atoms with Crippen LogP contribution in [0, 0.1) is 0 Å². The van der Waals surface area contributed by atoms with Crippen molar-refractivity contribution in [2.45, 2.75) is 12.7 Å². The molecule has 2 aromatic heterocycles. The molecule has 0 aliphatic carbocycles. The maximum atomic E-state index is 12.8. The van der Waals surface area contributed by atoms with Crippen molar-refractivity contribution in [3.63, 3.8) is 0 Å². The second-order valence-electron chi connectivity index (χ2n) is 4.62. The molecule has 0 saturated carbocycles. The van der Waals surface area contributed by atoms with Gasteiger partial charge in [-0.1, -0.05) is 40.9 Å². The van der Waals surface area contributed by atoms with Gasteiger partial charge in [-0.3, -0.25) is 0 Å². The summed E-state index contributed by atoms with van der Waals surface area (Å²) in [6.07, 6.45) is -3.37. The van der Waals surface area contributed by atoms with Gasteiger partial charge in [0.25, 0.3) is 0 Å². The molecule has 0 unspecified atom stereocenters. The fraction of sp³-hybridized carbons (Fsp3) is 0.154. The topological polar surface area (TPSA) is 43.6 Å². The monoisotopic (exact) mass is 380 g/mol. The molecule has 3 aromatic rings. The number of aromatic nitrogens is 4. The van der Waals surface area contributed by atoms with E-state index in [0.717, 1.165) is 0 Å². The average molecular weight is 382 g/mol. The number of hydrogen-bond donors (Lipinski definition) is 0. The summed E-state index contributed by atoms with van der Waals surface area (Å²) in [6.45, 7) is 0.164. The molecule has 0 fully saturated rings. The van der Waals surface area contributed by atoms with Gasteiger partial charge in [0.1, 0.15) is 5.52 Å². The highest BCUT2D eigenvalue weighted by atomic mass is 35.5. The third-order valence-corrected chi connectivity index (χ3v) is 3.88. The molecule has 0 N–H and O–H groups in total. The molecule has 0 radical (unpaired) electrons. The number of benzene rings is 1. The molecule has 10 heteroatoms. The van der Waals surface area contributed by atoms with E-state index < -0.39 is 12.0 Å². The lowest BCUT2D eigenvalue weighted by Gasteiger charge is -2.09. The predicted molar refractivity (Wildman–Crippen MR) is 80.9 cm³/mol. The van der Waals surface area contributed by atoms with Crippen molar-refractivity contribution in [2.24, 2.45) is 0 Å². The minimum atomic E-state index is -4.70. The third kappa shape index (κ3) is 3.22.